The van der Waals surface area contributed by atoms with Crippen LogP contribution >= 0.6 is 0 Å². The average Bonchev–Trinajstić information content (AvgIpc) is 2.90. The van der Waals surface area contributed by atoms with Crippen molar-refractivity contribution in [2.24, 2.45) is 0 Å². The third kappa shape index (κ3) is 3.49. The van der Waals surface area contributed by atoms with Gasteiger partial charge in [-0.15, -0.1) is 0 Å². The molecule has 0 bridgehead atoms. The third-order valence-corrected chi connectivity index (χ3v) is 4.67. The number of sulfonamides is 1. The molecule has 1 aliphatic rings. The summed E-state index contributed by atoms with van der Waals surface area (Å²) < 4.78 is 39.7. The molecular weight excluding hydrogens is 269 g/mol. The molecule has 0 aliphatic carbocycles. The first-order chi connectivity index (χ1) is 9.00. The Kier molecular flexibility index (Phi) is 4.49. The van der Waals surface area contributed by atoms with E-state index in [1.165, 1.54) is 12.3 Å². The standard InChI is InChI=1S/C12H18FN3O2S/c1-10(16-7-2-3-8-16)9-15-19(17,18)12-11(13)5-4-6-14-12/h4-6,10,15H,2-3,7-9H2,1H3. The first kappa shape index (κ1) is 14.4. The van der Waals surface area contributed by atoms with Crippen molar-refractivity contribution in [2.45, 2.75) is 30.8 Å². The highest BCUT2D eigenvalue weighted by Crippen LogP contribution is 2.13. The molecule has 106 valence electrons. The van der Waals surface area contributed by atoms with Gasteiger partial charge >= 0.3 is 0 Å². The number of rotatable bonds is 5. The van der Waals surface area contributed by atoms with Crippen molar-refractivity contribution in [3.63, 3.8) is 0 Å². The van der Waals surface area contributed by atoms with Gasteiger partial charge in [-0.25, -0.2) is 22.5 Å². The van der Waals surface area contributed by atoms with Crippen LogP contribution in [0.2, 0.25) is 0 Å². The molecule has 1 aliphatic heterocycles. The first-order valence-electron chi connectivity index (χ1n) is 6.35. The summed E-state index contributed by atoms with van der Waals surface area (Å²) in [4.78, 5) is 5.81. The first-order valence-corrected chi connectivity index (χ1v) is 7.83. The normalized spacial score (nSPS) is 18.6. The maximum absolute atomic E-state index is 13.4. The maximum atomic E-state index is 13.4. The van der Waals surface area contributed by atoms with Crippen LogP contribution in [0.5, 0.6) is 0 Å². The van der Waals surface area contributed by atoms with Gasteiger partial charge in [0.25, 0.3) is 10.0 Å². The lowest BCUT2D eigenvalue weighted by atomic mass is 10.3. The molecular formula is C12H18FN3O2S. The smallest absolute Gasteiger partial charge is 0.261 e. The predicted octanol–water partition coefficient (Wildman–Crippen LogP) is 0.983. The number of aromatic nitrogens is 1. The second-order valence-corrected chi connectivity index (χ2v) is 6.42. The van der Waals surface area contributed by atoms with Gasteiger partial charge in [-0.3, -0.25) is 4.90 Å². The van der Waals surface area contributed by atoms with Crippen molar-refractivity contribution in [1.82, 2.24) is 14.6 Å². The number of likely N-dealkylation sites (tertiary alicyclic amines) is 1. The van der Waals surface area contributed by atoms with E-state index in [-0.39, 0.29) is 12.6 Å². The van der Waals surface area contributed by atoms with Gasteiger partial charge in [-0.1, -0.05) is 0 Å². The van der Waals surface area contributed by atoms with Gasteiger partial charge in [0.15, 0.2) is 5.82 Å². The molecule has 2 heterocycles. The highest BCUT2D eigenvalue weighted by atomic mass is 32.2. The van der Waals surface area contributed by atoms with Crippen molar-refractivity contribution in [3.8, 4) is 0 Å². The topological polar surface area (TPSA) is 62.3 Å². The van der Waals surface area contributed by atoms with Crippen LogP contribution in [0.15, 0.2) is 23.4 Å². The number of nitrogens with zero attached hydrogens (tertiary/aromatic N) is 2. The zero-order valence-electron chi connectivity index (χ0n) is 10.8. The summed E-state index contributed by atoms with van der Waals surface area (Å²) in [5.74, 6) is -0.830. The molecule has 0 spiro atoms. The van der Waals surface area contributed by atoms with Crippen molar-refractivity contribution in [1.29, 1.82) is 0 Å². The summed E-state index contributed by atoms with van der Waals surface area (Å²) in [6.45, 7) is 4.20. The summed E-state index contributed by atoms with van der Waals surface area (Å²) >= 11 is 0. The molecule has 1 aromatic rings. The van der Waals surface area contributed by atoms with E-state index in [9.17, 15) is 12.8 Å². The molecule has 0 amide bonds. The fourth-order valence-electron chi connectivity index (χ4n) is 2.18. The summed E-state index contributed by atoms with van der Waals surface area (Å²) in [7, 11) is -3.88. The Bertz CT molecular complexity index is 530. The molecule has 7 heteroatoms. The minimum Gasteiger partial charge on any atom is -0.299 e. The lowest BCUT2D eigenvalue weighted by molar-refractivity contribution is 0.259. The zero-order valence-corrected chi connectivity index (χ0v) is 11.7. The van der Waals surface area contributed by atoms with Crippen molar-refractivity contribution in [3.05, 3.63) is 24.1 Å². The summed E-state index contributed by atoms with van der Waals surface area (Å²) in [6, 6.07) is 2.55. The molecule has 1 N–H and O–H groups in total. The number of hydrogen-bond donors (Lipinski definition) is 1. The van der Waals surface area contributed by atoms with Crippen LogP contribution in [-0.4, -0.2) is 44.0 Å². The van der Waals surface area contributed by atoms with Crippen LogP contribution in [0, 0.1) is 5.82 Å². The predicted molar refractivity (Wildman–Crippen MR) is 69.7 cm³/mol. The van der Waals surface area contributed by atoms with Crippen LogP contribution in [0.4, 0.5) is 4.39 Å². The van der Waals surface area contributed by atoms with E-state index >= 15 is 0 Å². The molecule has 1 saturated heterocycles. The molecule has 2 rings (SSSR count). The van der Waals surface area contributed by atoms with Crippen LogP contribution in [0.25, 0.3) is 0 Å². The van der Waals surface area contributed by atoms with E-state index in [2.05, 4.69) is 14.6 Å². The van der Waals surface area contributed by atoms with Crippen molar-refractivity contribution >= 4 is 10.0 Å². The molecule has 0 radical (unpaired) electrons. The van der Waals surface area contributed by atoms with Gasteiger partial charge in [0.2, 0.25) is 5.03 Å². The zero-order chi connectivity index (χ0) is 13.9. The van der Waals surface area contributed by atoms with Crippen LogP contribution in [0.1, 0.15) is 19.8 Å². The van der Waals surface area contributed by atoms with Crippen molar-refractivity contribution < 1.29 is 12.8 Å². The fourth-order valence-corrected chi connectivity index (χ4v) is 3.30. The van der Waals surface area contributed by atoms with E-state index in [1.807, 2.05) is 6.92 Å². The number of pyridine rings is 1. The summed E-state index contributed by atoms with van der Waals surface area (Å²) in [6.07, 6.45) is 3.56. The largest absolute Gasteiger partial charge is 0.299 e. The fraction of sp³-hybridized carbons (Fsp3) is 0.583. The van der Waals surface area contributed by atoms with Gasteiger partial charge in [0, 0.05) is 18.8 Å². The number of halogens is 1. The van der Waals surface area contributed by atoms with Gasteiger partial charge in [0.05, 0.1) is 0 Å². The Labute approximate surface area is 112 Å². The minimum absolute atomic E-state index is 0.101. The Morgan fingerprint density at radius 2 is 2.16 bits per heavy atom. The van der Waals surface area contributed by atoms with E-state index in [1.54, 1.807) is 0 Å². The maximum Gasteiger partial charge on any atom is 0.261 e. The average molecular weight is 287 g/mol. The Balaban J connectivity index is 2.00. The van der Waals surface area contributed by atoms with Crippen LogP contribution < -0.4 is 4.72 Å². The SMILES string of the molecule is CC(CNS(=O)(=O)c1ncccc1F)N1CCCC1. The highest BCUT2D eigenvalue weighted by molar-refractivity contribution is 7.89. The lowest BCUT2D eigenvalue weighted by Gasteiger charge is -2.23. The molecule has 1 unspecified atom stereocenters. The molecule has 19 heavy (non-hydrogen) atoms. The Morgan fingerprint density at radius 1 is 1.47 bits per heavy atom. The molecule has 1 atom stereocenters. The number of nitrogens with one attached hydrogen (secondary N) is 1. The molecule has 1 fully saturated rings. The second kappa shape index (κ2) is 5.94. The monoisotopic (exact) mass is 287 g/mol. The van der Waals surface area contributed by atoms with Crippen LogP contribution in [0.3, 0.4) is 0 Å². The molecule has 0 aromatic carbocycles. The Hall–Kier alpha value is -1.05. The van der Waals surface area contributed by atoms with Gasteiger partial charge in [-0.2, -0.15) is 0 Å². The highest BCUT2D eigenvalue weighted by Gasteiger charge is 2.23. The second-order valence-electron chi connectivity index (χ2n) is 4.73. The van der Waals surface area contributed by atoms with Gasteiger partial charge in [-0.05, 0) is 45.0 Å². The Morgan fingerprint density at radius 3 is 2.79 bits per heavy atom. The minimum atomic E-state index is -3.88. The quantitative estimate of drug-likeness (QED) is 0.877. The van der Waals surface area contributed by atoms with E-state index in [4.69, 9.17) is 0 Å². The van der Waals surface area contributed by atoms with E-state index < -0.39 is 20.9 Å². The van der Waals surface area contributed by atoms with Crippen molar-refractivity contribution in [2.75, 3.05) is 19.6 Å². The van der Waals surface area contributed by atoms with Gasteiger partial charge < -0.3 is 0 Å². The van der Waals surface area contributed by atoms with Crippen LogP contribution in [-0.2, 0) is 10.0 Å². The van der Waals surface area contributed by atoms with E-state index in [0.29, 0.717) is 0 Å². The summed E-state index contributed by atoms with van der Waals surface area (Å²) in [5.41, 5.74) is 0. The summed E-state index contributed by atoms with van der Waals surface area (Å²) in [5, 5.41) is -0.538. The molecule has 1 aromatic heterocycles. The molecule has 5 nitrogen and oxygen atoms in total. The lowest BCUT2D eigenvalue weighted by Crippen LogP contribution is -2.41. The molecule has 0 saturated carbocycles. The van der Waals surface area contributed by atoms with Gasteiger partial charge in [0.1, 0.15) is 0 Å². The van der Waals surface area contributed by atoms with E-state index in [0.717, 1.165) is 32.0 Å². The third-order valence-electron chi connectivity index (χ3n) is 3.31. The number of hydrogen-bond acceptors (Lipinski definition) is 4.